The van der Waals surface area contributed by atoms with Crippen LogP contribution in [0.4, 0.5) is 0 Å². The van der Waals surface area contributed by atoms with E-state index >= 15 is 0 Å². The van der Waals surface area contributed by atoms with Crippen LogP contribution in [0, 0.1) is 17.2 Å². The average Bonchev–Trinajstić information content (AvgIpc) is 3.03. The molecule has 0 amide bonds. The van der Waals surface area contributed by atoms with Gasteiger partial charge in [-0.05, 0) is 30.9 Å². The molecule has 0 aliphatic carbocycles. The quantitative estimate of drug-likeness (QED) is 0.790. The number of carbonyl (C=O) groups is 1. The van der Waals surface area contributed by atoms with Crippen LogP contribution in [0.5, 0.6) is 0 Å². The summed E-state index contributed by atoms with van der Waals surface area (Å²) in [5.74, 6) is -1.35. The second kappa shape index (κ2) is 6.55. The summed E-state index contributed by atoms with van der Waals surface area (Å²) in [7, 11) is 0. The Balaban J connectivity index is 2.57. The molecule has 1 aromatic carbocycles. The molecule has 0 bridgehead atoms. The molecule has 0 radical (unpaired) electrons. The Morgan fingerprint density at radius 1 is 1.33 bits per heavy atom. The third kappa shape index (κ3) is 2.84. The van der Waals surface area contributed by atoms with Crippen molar-refractivity contribution in [3.8, 4) is 6.07 Å². The molecule has 0 saturated carbocycles. The largest absolute Gasteiger partial charge is 0.465 e. The summed E-state index contributed by atoms with van der Waals surface area (Å²) in [6, 6.07) is 15.7. The highest BCUT2D eigenvalue weighted by Gasteiger charge is 2.44. The summed E-state index contributed by atoms with van der Waals surface area (Å²) in [5, 5.41) is 11.5. The topological polar surface area (TPSA) is 50.1 Å². The zero-order chi connectivity index (χ0) is 15.3. The van der Waals surface area contributed by atoms with Gasteiger partial charge in [0.25, 0.3) is 0 Å². The maximum absolute atomic E-state index is 12.2. The molecule has 0 aliphatic rings. The van der Waals surface area contributed by atoms with Gasteiger partial charge in [0.15, 0.2) is 5.92 Å². The molecule has 21 heavy (non-hydrogen) atoms. The lowest BCUT2D eigenvalue weighted by molar-refractivity contribution is -0.147. The molecule has 0 N–H and O–H groups in total. The SMILES string of the molecule is CCOC(=O)[C@H](C#N)[C@@](C)(c1ccccc1)c1cccs1. The van der Waals surface area contributed by atoms with Crippen molar-refractivity contribution in [3.05, 3.63) is 58.3 Å². The van der Waals surface area contributed by atoms with Gasteiger partial charge in [-0.15, -0.1) is 11.3 Å². The van der Waals surface area contributed by atoms with Crippen molar-refractivity contribution in [2.45, 2.75) is 19.3 Å². The lowest BCUT2D eigenvalue weighted by Gasteiger charge is -2.32. The monoisotopic (exact) mass is 299 g/mol. The molecule has 1 aromatic heterocycles. The number of nitriles is 1. The summed E-state index contributed by atoms with van der Waals surface area (Å²) < 4.78 is 5.10. The van der Waals surface area contributed by atoms with E-state index in [1.807, 2.05) is 54.8 Å². The van der Waals surface area contributed by atoms with E-state index in [4.69, 9.17) is 4.74 Å². The van der Waals surface area contributed by atoms with Gasteiger partial charge in [0.05, 0.1) is 18.1 Å². The van der Waals surface area contributed by atoms with Crippen LogP contribution < -0.4 is 0 Å². The molecule has 0 unspecified atom stereocenters. The van der Waals surface area contributed by atoms with Gasteiger partial charge in [0.1, 0.15) is 0 Å². The number of hydrogen-bond acceptors (Lipinski definition) is 4. The number of thiophene rings is 1. The van der Waals surface area contributed by atoms with E-state index in [9.17, 15) is 10.1 Å². The van der Waals surface area contributed by atoms with Crippen molar-refractivity contribution in [1.29, 1.82) is 5.26 Å². The third-order valence-electron chi connectivity index (χ3n) is 3.64. The number of hydrogen-bond donors (Lipinski definition) is 0. The minimum Gasteiger partial charge on any atom is -0.465 e. The standard InChI is InChI=1S/C17H17NO2S/c1-3-20-16(19)14(12-18)17(2,15-10-7-11-21-15)13-8-5-4-6-9-13/h4-11,14H,3H2,1-2H3/t14-,17+/m0/s1. The maximum Gasteiger partial charge on any atom is 0.324 e. The molecule has 0 aliphatic heterocycles. The van der Waals surface area contributed by atoms with E-state index in [1.54, 1.807) is 18.3 Å². The molecule has 4 heteroatoms. The van der Waals surface area contributed by atoms with Crippen molar-refractivity contribution >= 4 is 17.3 Å². The van der Waals surface area contributed by atoms with Gasteiger partial charge >= 0.3 is 5.97 Å². The van der Waals surface area contributed by atoms with E-state index in [1.165, 1.54) is 0 Å². The van der Waals surface area contributed by atoms with Gasteiger partial charge in [0, 0.05) is 4.88 Å². The first kappa shape index (κ1) is 15.3. The van der Waals surface area contributed by atoms with E-state index in [-0.39, 0.29) is 6.61 Å². The third-order valence-corrected chi connectivity index (χ3v) is 4.74. The summed E-state index contributed by atoms with van der Waals surface area (Å²) in [4.78, 5) is 13.2. The van der Waals surface area contributed by atoms with Gasteiger partial charge < -0.3 is 4.74 Å². The zero-order valence-corrected chi connectivity index (χ0v) is 12.9. The lowest BCUT2D eigenvalue weighted by atomic mass is 9.71. The van der Waals surface area contributed by atoms with Gasteiger partial charge in [-0.2, -0.15) is 5.26 Å². The smallest absolute Gasteiger partial charge is 0.324 e. The predicted molar refractivity (Wildman–Crippen MR) is 83.0 cm³/mol. The molecule has 2 aromatic rings. The fourth-order valence-electron chi connectivity index (χ4n) is 2.45. The van der Waals surface area contributed by atoms with E-state index < -0.39 is 17.3 Å². The highest BCUT2D eigenvalue weighted by molar-refractivity contribution is 7.10. The van der Waals surface area contributed by atoms with Crippen LogP contribution >= 0.6 is 11.3 Å². The Labute approximate surface area is 128 Å². The average molecular weight is 299 g/mol. The second-order valence-corrected chi connectivity index (χ2v) is 5.81. The Bertz CT molecular complexity index is 631. The van der Waals surface area contributed by atoms with Crippen LogP contribution in [0.1, 0.15) is 24.3 Å². The summed E-state index contributed by atoms with van der Waals surface area (Å²) in [5.41, 5.74) is 0.225. The Hall–Kier alpha value is -2.12. The van der Waals surface area contributed by atoms with Gasteiger partial charge in [-0.25, -0.2) is 0 Å². The minimum atomic E-state index is -0.876. The predicted octanol–water partition coefficient (Wildman–Crippen LogP) is 3.76. The fourth-order valence-corrected chi connectivity index (χ4v) is 3.39. The fraction of sp³-hybridized carbons (Fsp3) is 0.294. The van der Waals surface area contributed by atoms with Crippen molar-refractivity contribution in [2.24, 2.45) is 5.92 Å². The number of ether oxygens (including phenoxy) is 1. The van der Waals surface area contributed by atoms with Crippen molar-refractivity contribution in [2.75, 3.05) is 6.61 Å². The number of carbonyl (C=O) groups excluding carboxylic acids is 1. The van der Waals surface area contributed by atoms with Crippen molar-refractivity contribution in [3.63, 3.8) is 0 Å². The summed E-state index contributed by atoms with van der Waals surface area (Å²) >= 11 is 1.55. The molecule has 108 valence electrons. The van der Waals surface area contributed by atoms with E-state index in [0.29, 0.717) is 0 Å². The molecular weight excluding hydrogens is 282 g/mol. The van der Waals surface area contributed by atoms with Gasteiger partial charge in [-0.1, -0.05) is 36.4 Å². The zero-order valence-electron chi connectivity index (χ0n) is 12.1. The Morgan fingerprint density at radius 2 is 2.05 bits per heavy atom. The highest BCUT2D eigenvalue weighted by atomic mass is 32.1. The maximum atomic E-state index is 12.2. The van der Waals surface area contributed by atoms with Crippen molar-refractivity contribution in [1.82, 2.24) is 0 Å². The number of esters is 1. The van der Waals surface area contributed by atoms with Crippen LogP contribution in [0.3, 0.4) is 0 Å². The molecule has 0 fully saturated rings. The molecule has 1 heterocycles. The van der Waals surface area contributed by atoms with E-state index in [2.05, 4.69) is 6.07 Å². The first-order valence-electron chi connectivity index (χ1n) is 6.80. The summed E-state index contributed by atoms with van der Waals surface area (Å²) in [6.45, 7) is 3.95. The molecule has 0 spiro atoms. The normalized spacial score (nSPS) is 14.7. The number of nitrogens with zero attached hydrogens (tertiary/aromatic N) is 1. The number of rotatable bonds is 5. The van der Waals surface area contributed by atoms with E-state index in [0.717, 1.165) is 10.4 Å². The van der Waals surface area contributed by atoms with Crippen molar-refractivity contribution < 1.29 is 9.53 Å². The first-order valence-corrected chi connectivity index (χ1v) is 7.68. The summed E-state index contributed by atoms with van der Waals surface area (Å²) in [6.07, 6.45) is 0. The van der Waals surface area contributed by atoms with Crippen LogP contribution in [0.25, 0.3) is 0 Å². The second-order valence-electron chi connectivity index (χ2n) is 4.86. The molecule has 0 saturated heterocycles. The molecular formula is C17H17NO2S. The number of benzene rings is 1. The van der Waals surface area contributed by atoms with Crippen LogP contribution in [0.15, 0.2) is 47.8 Å². The van der Waals surface area contributed by atoms with Crippen LogP contribution in [-0.4, -0.2) is 12.6 Å². The Morgan fingerprint density at radius 3 is 2.57 bits per heavy atom. The van der Waals surface area contributed by atoms with Gasteiger partial charge in [-0.3, -0.25) is 4.79 Å². The lowest BCUT2D eigenvalue weighted by Crippen LogP contribution is -2.38. The molecule has 2 atom stereocenters. The highest BCUT2D eigenvalue weighted by Crippen LogP contribution is 2.41. The molecule has 3 nitrogen and oxygen atoms in total. The molecule has 2 rings (SSSR count). The minimum absolute atomic E-state index is 0.270. The Kier molecular flexibility index (Phi) is 4.77. The van der Waals surface area contributed by atoms with Gasteiger partial charge in [0.2, 0.25) is 0 Å². The van der Waals surface area contributed by atoms with Crippen LogP contribution in [-0.2, 0) is 14.9 Å². The van der Waals surface area contributed by atoms with Crippen LogP contribution in [0.2, 0.25) is 0 Å². The first-order chi connectivity index (χ1) is 10.1.